The molecule has 2 unspecified atom stereocenters. The Labute approximate surface area is 92.2 Å². The lowest BCUT2D eigenvalue weighted by Gasteiger charge is -2.23. The normalized spacial score (nSPS) is 28.0. The quantitative estimate of drug-likeness (QED) is 0.460. The molecule has 0 spiro atoms. The van der Waals surface area contributed by atoms with Gasteiger partial charge in [0.15, 0.2) is 0 Å². The monoisotopic (exact) mass is 208 g/mol. The SMILES string of the molecule is C=C=C1CC(SC(C)(C)C)C(=C)C1C. The van der Waals surface area contributed by atoms with Crippen LogP contribution in [0.5, 0.6) is 0 Å². The fourth-order valence-electron chi connectivity index (χ4n) is 1.78. The van der Waals surface area contributed by atoms with E-state index in [0.29, 0.717) is 15.9 Å². The van der Waals surface area contributed by atoms with Crippen LogP contribution >= 0.6 is 11.8 Å². The Morgan fingerprint density at radius 1 is 1.43 bits per heavy atom. The highest BCUT2D eigenvalue weighted by Gasteiger charge is 2.32. The molecule has 0 bridgehead atoms. The van der Waals surface area contributed by atoms with Gasteiger partial charge >= 0.3 is 0 Å². The van der Waals surface area contributed by atoms with Crippen molar-refractivity contribution < 1.29 is 0 Å². The van der Waals surface area contributed by atoms with Gasteiger partial charge in [-0.2, -0.15) is 0 Å². The van der Waals surface area contributed by atoms with Crippen molar-refractivity contribution in [3.8, 4) is 0 Å². The van der Waals surface area contributed by atoms with Gasteiger partial charge < -0.3 is 0 Å². The molecule has 0 amide bonds. The Balaban J connectivity index is 2.76. The third-order valence-corrected chi connectivity index (χ3v) is 4.08. The second-order valence-electron chi connectivity index (χ2n) is 4.92. The second-order valence-corrected chi connectivity index (χ2v) is 6.95. The smallest absolute Gasteiger partial charge is 0.0308 e. The molecule has 1 rings (SSSR count). The minimum atomic E-state index is 0.309. The van der Waals surface area contributed by atoms with Crippen LogP contribution in [0.2, 0.25) is 0 Å². The van der Waals surface area contributed by atoms with E-state index in [1.807, 2.05) is 11.8 Å². The zero-order valence-electron chi connectivity index (χ0n) is 9.68. The number of allylic oxidation sites excluding steroid dienone is 1. The molecular formula is C13H20S. The molecule has 0 heterocycles. The van der Waals surface area contributed by atoms with Gasteiger partial charge in [-0.25, -0.2) is 0 Å². The number of thioether (sulfide) groups is 1. The fourth-order valence-corrected chi connectivity index (χ4v) is 3.25. The lowest BCUT2D eigenvalue weighted by atomic mass is 10.0. The van der Waals surface area contributed by atoms with E-state index in [1.54, 1.807) is 0 Å². The maximum absolute atomic E-state index is 4.19. The molecule has 14 heavy (non-hydrogen) atoms. The summed E-state index contributed by atoms with van der Waals surface area (Å²) in [7, 11) is 0. The summed E-state index contributed by atoms with van der Waals surface area (Å²) in [5.74, 6) is 0.479. The van der Waals surface area contributed by atoms with Crippen LogP contribution in [0.25, 0.3) is 0 Å². The van der Waals surface area contributed by atoms with Crippen LogP contribution in [0.3, 0.4) is 0 Å². The molecule has 0 aliphatic heterocycles. The van der Waals surface area contributed by atoms with Crippen molar-refractivity contribution in [3.63, 3.8) is 0 Å². The first kappa shape index (κ1) is 11.7. The van der Waals surface area contributed by atoms with Gasteiger partial charge in [0.25, 0.3) is 0 Å². The van der Waals surface area contributed by atoms with E-state index in [1.165, 1.54) is 11.1 Å². The van der Waals surface area contributed by atoms with E-state index in [-0.39, 0.29) is 0 Å². The van der Waals surface area contributed by atoms with Crippen molar-refractivity contribution in [2.75, 3.05) is 0 Å². The molecule has 78 valence electrons. The molecule has 1 aliphatic rings. The molecule has 0 aromatic heterocycles. The summed E-state index contributed by atoms with van der Waals surface area (Å²) < 4.78 is 0.309. The molecule has 0 nitrogen and oxygen atoms in total. The molecular weight excluding hydrogens is 188 g/mol. The zero-order valence-corrected chi connectivity index (χ0v) is 10.5. The van der Waals surface area contributed by atoms with Crippen LogP contribution in [0.4, 0.5) is 0 Å². The molecule has 0 aromatic rings. The van der Waals surface area contributed by atoms with Gasteiger partial charge in [-0.1, -0.05) is 46.4 Å². The minimum absolute atomic E-state index is 0.309. The van der Waals surface area contributed by atoms with Gasteiger partial charge in [0.2, 0.25) is 0 Å². The van der Waals surface area contributed by atoms with Crippen molar-refractivity contribution in [1.29, 1.82) is 0 Å². The standard InChI is InChI=1S/C13H20S/c1-7-11-8-12(10(3)9(11)2)14-13(4,5)6/h9,12H,1,3,8H2,2,4-6H3. The predicted molar refractivity (Wildman–Crippen MR) is 66.7 cm³/mol. The molecule has 1 saturated carbocycles. The van der Waals surface area contributed by atoms with Crippen molar-refractivity contribution in [1.82, 2.24) is 0 Å². The highest BCUT2D eigenvalue weighted by atomic mass is 32.2. The predicted octanol–water partition coefficient (Wildman–Crippen LogP) is 4.19. The number of hydrogen-bond donors (Lipinski definition) is 0. The van der Waals surface area contributed by atoms with E-state index in [4.69, 9.17) is 0 Å². The highest BCUT2D eigenvalue weighted by Crippen LogP contribution is 2.44. The lowest BCUT2D eigenvalue weighted by Crippen LogP contribution is -2.14. The fraction of sp³-hybridized carbons (Fsp3) is 0.615. The molecule has 1 fully saturated rings. The third kappa shape index (κ3) is 2.56. The van der Waals surface area contributed by atoms with E-state index in [9.17, 15) is 0 Å². The Kier molecular flexibility index (Phi) is 3.34. The molecule has 0 aromatic carbocycles. The zero-order chi connectivity index (χ0) is 10.9. The van der Waals surface area contributed by atoms with Crippen molar-refractivity contribution in [2.24, 2.45) is 5.92 Å². The highest BCUT2D eigenvalue weighted by molar-refractivity contribution is 8.01. The average molecular weight is 208 g/mol. The average Bonchev–Trinajstić information content (AvgIpc) is 2.30. The molecule has 0 saturated heterocycles. The summed E-state index contributed by atoms with van der Waals surface area (Å²) in [5, 5.41) is 0.564. The Bertz CT molecular complexity index is 287. The van der Waals surface area contributed by atoms with E-state index < -0.39 is 0 Å². The summed E-state index contributed by atoms with van der Waals surface area (Å²) in [6, 6.07) is 0. The number of hydrogen-bond acceptors (Lipinski definition) is 1. The summed E-state index contributed by atoms with van der Waals surface area (Å²) in [4.78, 5) is 0. The summed E-state index contributed by atoms with van der Waals surface area (Å²) in [6.45, 7) is 16.9. The summed E-state index contributed by atoms with van der Waals surface area (Å²) >= 11 is 2.01. The topological polar surface area (TPSA) is 0 Å². The van der Waals surface area contributed by atoms with Crippen LogP contribution in [0.1, 0.15) is 34.1 Å². The van der Waals surface area contributed by atoms with Gasteiger partial charge in [0.1, 0.15) is 0 Å². The van der Waals surface area contributed by atoms with Crippen molar-refractivity contribution >= 4 is 11.8 Å². The summed E-state index contributed by atoms with van der Waals surface area (Å²) in [6.07, 6.45) is 1.09. The molecule has 2 atom stereocenters. The maximum Gasteiger partial charge on any atom is 0.0308 e. The van der Waals surface area contributed by atoms with Crippen LogP contribution in [-0.2, 0) is 0 Å². The van der Waals surface area contributed by atoms with Crippen molar-refractivity contribution in [2.45, 2.75) is 44.1 Å². The molecule has 0 radical (unpaired) electrons. The first-order valence-corrected chi connectivity index (χ1v) is 5.98. The Morgan fingerprint density at radius 3 is 2.36 bits per heavy atom. The second kappa shape index (κ2) is 4.00. The summed E-state index contributed by atoms with van der Waals surface area (Å²) in [5.41, 5.74) is 5.73. The van der Waals surface area contributed by atoms with Crippen LogP contribution in [0, 0.1) is 5.92 Å². The minimum Gasteiger partial charge on any atom is -0.148 e. The van der Waals surface area contributed by atoms with E-state index >= 15 is 0 Å². The maximum atomic E-state index is 4.19. The van der Waals surface area contributed by atoms with Gasteiger partial charge in [0, 0.05) is 15.9 Å². The molecule has 0 N–H and O–H groups in total. The molecule has 1 aliphatic carbocycles. The van der Waals surface area contributed by atoms with Crippen LogP contribution in [0.15, 0.2) is 30.0 Å². The van der Waals surface area contributed by atoms with Crippen molar-refractivity contribution in [3.05, 3.63) is 30.0 Å². The van der Waals surface area contributed by atoms with Gasteiger partial charge in [0.05, 0.1) is 0 Å². The number of rotatable bonds is 1. The Hall–Kier alpha value is -0.390. The Morgan fingerprint density at radius 2 is 2.00 bits per heavy atom. The van der Waals surface area contributed by atoms with Gasteiger partial charge in [-0.3, -0.25) is 0 Å². The van der Waals surface area contributed by atoms with Crippen LogP contribution in [-0.4, -0.2) is 10.00 Å². The first-order valence-electron chi connectivity index (χ1n) is 5.10. The van der Waals surface area contributed by atoms with E-state index in [0.717, 1.165) is 6.42 Å². The largest absolute Gasteiger partial charge is 0.148 e. The van der Waals surface area contributed by atoms with Crippen LogP contribution < -0.4 is 0 Å². The molecule has 1 heteroatoms. The van der Waals surface area contributed by atoms with Gasteiger partial charge in [-0.05, 0) is 12.0 Å². The first-order chi connectivity index (χ1) is 6.35. The lowest BCUT2D eigenvalue weighted by molar-refractivity contribution is 0.794. The van der Waals surface area contributed by atoms with E-state index in [2.05, 4.69) is 46.6 Å². The van der Waals surface area contributed by atoms with Gasteiger partial charge in [-0.15, -0.1) is 17.5 Å². The third-order valence-electron chi connectivity index (χ3n) is 2.62.